The first-order valence-electron chi connectivity index (χ1n) is 12.9. The second-order valence-electron chi connectivity index (χ2n) is 9.99. The van der Waals surface area contributed by atoms with E-state index < -0.39 is 72.6 Å². The second-order valence-corrected chi connectivity index (χ2v) is 10.9. The van der Waals surface area contributed by atoms with Crippen LogP contribution in [0.4, 0.5) is 18.9 Å². The van der Waals surface area contributed by atoms with E-state index in [1.807, 2.05) is 6.07 Å². The van der Waals surface area contributed by atoms with E-state index in [2.05, 4.69) is 26.2 Å². The molecule has 2 saturated heterocycles. The van der Waals surface area contributed by atoms with E-state index in [1.165, 1.54) is 30.3 Å². The molecule has 3 heterocycles. The number of aliphatic hydroxyl groups is 3. The first kappa shape index (κ1) is 31.0. The van der Waals surface area contributed by atoms with Gasteiger partial charge in [-0.1, -0.05) is 21.1 Å². The first-order valence-corrected chi connectivity index (χ1v) is 13.7. The van der Waals surface area contributed by atoms with Crippen LogP contribution >= 0.6 is 15.9 Å². The molecule has 0 saturated carbocycles. The average Bonchev–Trinajstić information content (AvgIpc) is 3.64. The highest BCUT2D eigenvalue weighted by atomic mass is 79.9. The molecule has 1 amide bonds. The predicted octanol–water partition coefficient (Wildman–Crippen LogP) is 1.47. The van der Waals surface area contributed by atoms with Gasteiger partial charge in [0.25, 0.3) is 5.91 Å². The molecule has 0 radical (unpaired) electrons. The van der Waals surface area contributed by atoms with Crippen LogP contribution in [0.15, 0.2) is 41.0 Å². The van der Waals surface area contributed by atoms with Crippen LogP contribution in [0.5, 0.6) is 0 Å². The number of amides is 1. The molecule has 2 aromatic carbocycles. The summed E-state index contributed by atoms with van der Waals surface area (Å²) in [4.78, 5) is 15.5. The van der Waals surface area contributed by atoms with Crippen molar-refractivity contribution in [2.75, 3.05) is 31.8 Å². The summed E-state index contributed by atoms with van der Waals surface area (Å²) in [6.45, 7) is -0.823. The summed E-state index contributed by atoms with van der Waals surface area (Å²) in [7, 11) is 1.25. The zero-order chi connectivity index (χ0) is 31.0. The van der Waals surface area contributed by atoms with Gasteiger partial charge in [-0.3, -0.25) is 4.79 Å². The summed E-state index contributed by atoms with van der Waals surface area (Å²) >= 11 is 3.33. The summed E-state index contributed by atoms with van der Waals surface area (Å²) in [5, 5.41) is 49.2. The molecular formula is C27H25BrF3N5O7. The Morgan fingerprint density at radius 2 is 1.93 bits per heavy atom. The minimum Gasteiger partial charge on any atom is -0.394 e. The van der Waals surface area contributed by atoms with Crippen LogP contribution in [0.25, 0.3) is 11.3 Å². The molecule has 43 heavy (non-hydrogen) atoms. The number of methoxy groups -OCH3 is 1. The van der Waals surface area contributed by atoms with Crippen LogP contribution in [0.1, 0.15) is 11.6 Å². The molecule has 2 aliphatic rings. The van der Waals surface area contributed by atoms with E-state index in [1.54, 1.807) is 6.07 Å². The zero-order valence-electron chi connectivity index (χ0n) is 22.3. The molecule has 7 atom stereocenters. The molecule has 12 nitrogen and oxygen atoms in total. The maximum Gasteiger partial charge on any atom is 0.259 e. The third-order valence-electron chi connectivity index (χ3n) is 7.36. The van der Waals surface area contributed by atoms with Gasteiger partial charge in [0.1, 0.15) is 36.2 Å². The third kappa shape index (κ3) is 5.89. The smallest absolute Gasteiger partial charge is 0.259 e. The number of carbonyl (C=O) groups is 1. The fourth-order valence-electron chi connectivity index (χ4n) is 5.29. The highest BCUT2D eigenvalue weighted by Crippen LogP contribution is 2.36. The summed E-state index contributed by atoms with van der Waals surface area (Å²) in [6, 6.07) is 5.88. The van der Waals surface area contributed by atoms with Crippen molar-refractivity contribution in [1.82, 2.24) is 15.0 Å². The van der Waals surface area contributed by atoms with Crippen molar-refractivity contribution in [2.45, 2.75) is 42.6 Å². The molecular weight excluding hydrogens is 643 g/mol. The molecule has 228 valence electrons. The van der Waals surface area contributed by atoms with Crippen molar-refractivity contribution in [3.63, 3.8) is 0 Å². The average molecular weight is 668 g/mol. The molecule has 2 aliphatic heterocycles. The molecule has 0 aliphatic carbocycles. The number of hydrogen-bond acceptors (Lipinski definition) is 10. The number of ether oxygens (including phenoxy) is 3. The fourth-order valence-corrected chi connectivity index (χ4v) is 5.77. The van der Waals surface area contributed by atoms with Gasteiger partial charge < -0.3 is 34.4 Å². The van der Waals surface area contributed by atoms with E-state index in [0.29, 0.717) is 4.47 Å². The van der Waals surface area contributed by atoms with Gasteiger partial charge in [0, 0.05) is 22.8 Å². The first-order chi connectivity index (χ1) is 20.6. The molecule has 1 aromatic heterocycles. The van der Waals surface area contributed by atoms with Crippen LogP contribution in [-0.2, 0) is 19.0 Å². The number of nitrogens with zero attached hydrogens (tertiary/aromatic N) is 5. The van der Waals surface area contributed by atoms with E-state index in [4.69, 9.17) is 14.2 Å². The number of benzene rings is 2. The Morgan fingerprint density at radius 3 is 2.53 bits per heavy atom. The molecule has 5 rings (SSSR count). The van der Waals surface area contributed by atoms with Crippen LogP contribution in [0.2, 0.25) is 0 Å². The number of aromatic nitrogens is 3. The van der Waals surface area contributed by atoms with E-state index in [0.717, 1.165) is 16.8 Å². The standard InChI is InChI=1S/C27H25BrF3N5O7/c1-41-25-23(35-8-18(33-34-35)13-4-16(29)22(31)17(30)5-13)24(39)21(9-37)43-26(25)27(40)36(19-10-42-11-20(19)38)15-3-12(7-32)2-14(28)6-15/h2-6,8,19-21,23-26,37-39H,9-11H2,1H3/t19-,20-,21?,23?,24?,25?,26?/m1/s1. The molecule has 2 fully saturated rings. The van der Waals surface area contributed by atoms with Gasteiger partial charge in [-0.05, 0) is 30.3 Å². The van der Waals surface area contributed by atoms with Crippen molar-refractivity contribution in [2.24, 2.45) is 0 Å². The van der Waals surface area contributed by atoms with Crippen LogP contribution in [-0.4, -0.2) is 99.7 Å². The Labute approximate surface area is 250 Å². The van der Waals surface area contributed by atoms with Gasteiger partial charge >= 0.3 is 0 Å². The van der Waals surface area contributed by atoms with Gasteiger partial charge in [0.15, 0.2) is 23.6 Å². The number of halogens is 4. The molecule has 16 heteroatoms. The summed E-state index contributed by atoms with van der Waals surface area (Å²) in [6.07, 6.45) is -5.52. The SMILES string of the molecule is COC1C(C(=O)N(c2cc(Br)cc(C#N)c2)[C@@H]2COC[C@H]2O)OC(CO)C(O)C1n1cc(-c2cc(F)c(F)c(F)c2)nn1. The third-order valence-corrected chi connectivity index (χ3v) is 7.82. The van der Waals surface area contributed by atoms with E-state index in [9.17, 15) is 38.5 Å². The number of anilines is 1. The lowest BCUT2D eigenvalue weighted by Crippen LogP contribution is -2.63. The lowest BCUT2D eigenvalue weighted by molar-refractivity contribution is -0.211. The Morgan fingerprint density at radius 1 is 1.21 bits per heavy atom. The number of hydrogen-bond donors (Lipinski definition) is 3. The number of aliphatic hydroxyl groups excluding tert-OH is 3. The topological polar surface area (TPSA) is 163 Å². The molecule has 3 aromatic rings. The normalized spacial score (nSPS) is 27.2. The maximum absolute atomic E-state index is 14.3. The number of nitriles is 1. The largest absolute Gasteiger partial charge is 0.394 e. The van der Waals surface area contributed by atoms with E-state index >= 15 is 0 Å². The van der Waals surface area contributed by atoms with Crippen molar-refractivity contribution in [3.05, 3.63) is 64.0 Å². The van der Waals surface area contributed by atoms with Gasteiger partial charge in [-0.15, -0.1) is 5.10 Å². The highest BCUT2D eigenvalue weighted by Gasteiger charge is 2.52. The predicted molar refractivity (Wildman–Crippen MR) is 144 cm³/mol. The lowest BCUT2D eigenvalue weighted by Gasteiger charge is -2.45. The monoisotopic (exact) mass is 667 g/mol. The Hall–Kier alpha value is -3.43. The summed E-state index contributed by atoms with van der Waals surface area (Å²) in [5.41, 5.74) is 0.221. The lowest BCUT2D eigenvalue weighted by atomic mass is 9.91. The van der Waals surface area contributed by atoms with Gasteiger partial charge in [-0.25, -0.2) is 17.9 Å². The second kappa shape index (κ2) is 12.7. The minimum absolute atomic E-state index is 0.0433. The quantitative estimate of drug-likeness (QED) is 0.315. The van der Waals surface area contributed by atoms with Crippen molar-refractivity contribution in [1.29, 1.82) is 5.26 Å². The zero-order valence-corrected chi connectivity index (χ0v) is 23.9. The maximum atomic E-state index is 14.3. The Kier molecular flexibility index (Phi) is 9.13. The summed E-state index contributed by atoms with van der Waals surface area (Å²) in [5.74, 6) is -5.29. The summed E-state index contributed by atoms with van der Waals surface area (Å²) < 4.78 is 59.8. The number of carbonyl (C=O) groups excluding carboxylic acids is 1. The van der Waals surface area contributed by atoms with Crippen LogP contribution < -0.4 is 4.90 Å². The van der Waals surface area contributed by atoms with Gasteiger partial charge in [0.05, 0.1) is 43.7 Å². The Bertz CT molecular complexity index is 1530. The molecule has 5 unspecified atom stereocenters. The Balaban J connectivity index is 1.55. The van der Waals surface area contributed by atoms with Crippen molar-refractivity contribution < 1.29 is 47.5 Å². The molecule has 0 spiro atoms. The fraction of sp³-hybridized carbons (Fsp3) is 0.407. The minimum atomic E-state index is -1.66. The van der Waals surface area contributed by atoms with Crippen LogP contribution in [0.3, 0.4) is 0 Å². The van der Waals surface area contributed by atoms with Crippen LogP contribution in [0, 0.1) is 28.8 Å². The van der Waals surface area contributed by atoms with Crippen molar-refractivity contribution in [3.8, 4) is 17.3 Å². The van der Waals surface area contributed by atoms with Gasteiger partial charge in [-0.2, -0.15) is 5.26 Å². The van der Waals surface area contributed by atoms with E-state index in [-0.39, 0.29) is 35.7 Å². The van der Waals surface area contributed by atoms with Gasteiger partial charge in [0.2, 0.25) is 0 Å². The number of rotatable bonds is 7. The molecule has 0 bridgehead atoms. The van der Waals surface area contributed by atoms with Crippen molar-refractivity contribution >= 4 is 27.5 Å². The highest BCUT2D eigenvalue weighted by molar-refractivity contribution is 9.10. The molecule has 3 N–H and O–H groups in total.